The van der Waals surface area contributed by atoms with Gasteiger partial charge in [0.2, 0.25) is 0 Å². The van der Waals surface area contributed by atoms with Crippen LogP contribution in [0, 0.1) is 12.8 Å². The molecule has 11 heavy (non-hydrogen) atoms. The maximum absolute atomic E-state index is 9.21. The average molecular weight is 171 g/mol. The zero-order valence-corrected chi connectivity index (χ0v) is 7.90. The van der Waals surface area contributed by atoms with E-state index in [1.54, 1.807) is 0 Å². The molecule has 0 aliphatic heterocycles. The smallest absolute Gasteiger partial charge is 0.194 e. The summed E-state index contributed by atoms with van der Waals surface area (Å²) in [5.74, 6) is 0.611. The molecule has 0 bridgehead atoms. The second kappa shape index (κ2) is 3.22. The topological polar surface area (TPSA) is 33.1 Å². The van der Waals surface area contributed by atoms with Gasteiger partial charge in [-0.3, -0.25) is 0 Å². The van der Waals surface area contributed by atoms with Gasteiger partial charge in [0.1, 0.15) is 0 Å². The quantitative estimate of drug-likeness (QED) is 0.741. The highest BCUT2D eigenvalue weighted by molar-refractivity contribution is 7.13. The van der Waals surface area contributed by atoms with Crippen molar-refractivity contribution >= 4 is 11.3 Å². The summed E-state index contributed by atoms with van der Waals surface area (Å²) in [5, 5.41) is 10.6. The molecule has 0 aliphatic rings. The van der Waals surface area contributed by atoms with Crippen molar-refractivity contribution < 1.29 is 5.11 Å². The van der Waals surface area contributed by atoms with Crippen molar-refractivity contribution in [3.8, 4) is 5.06 Å². The third-order valence-electron chi connectivity index (χ3n) is 1.40. The average Bonchev–Trinajstić information content (AvgIpc) is 2.10. The van der Waals surface area contributed by atoms with Gasteiger partial charge in [-0.2, -0.15) is 0 Å². The number of hydrogen-bond donors (Lipinski definition) is 1. The van der Waals surface area contributed by atoms with E-state index in [-0.39, 0.29) is 0 Å². The molecule has 2 nitrogen and oxygen atoms in total. The van der Waals surface area contributed by atoms with Crippen molar-refractivity contribution in [2.24, 2.45) is 5.92 Å². The van der Waals surface area contributed by atoms with Gasteiger partial charge in [-0.25, -0.2) is 4.98 Å². The van der Waals surface area contributed by atoms with Gasteiger partial charge in [-0.1, -0.05) is 25.2 Å². The molecule has 1 aromatic heterocycles. The molecule has 1 aromatic rings. The highest BCUT2D eigenvalue weighted by Gasteiger charge is 2.06. The molecule has 0 unspecified atom stereocenters. The number of hydrogen-bond acceptors (Lipinski definition) is 3. The lowest BCUT2D eigenvalue weighted by Crippen LogP contribution is -1.92. The fourth-order valence-corrected chi connectivity index (χ4v) is 1.90. The third-order valence-corrected chi connectivity index (χ3v) is 2.38. The number of rotatable bonds is 2. The molecule has 1 N–H and O–H groups in total. The minimum atomic E-state index is 0.362. The fraction of sp³-hybridized carbons (Fsp3) is 0.625. The molecular formula is C8H13NOS. The lowest BCUT2D eigenvalue weighted by molar-refractivity contribution is 0.485. The number of aromatic nitrogens is 1. The first-order chi connectivity index (χ1) is 5.09. The summed E-state index contributed by atoms with van der Waals surface area (Å²) in [7, 11) is 0. The Kier molecular flexibility index (Phi) is 2.49. The summed E-state index contributed by atoms with van der Waals surface area (Å²) in [6, 6.07) is 0. The van der Waals surface area contributed by atoms with Crippen LogP contribution >= 0.6 is 11.3 Å². The Balaban J connectivity index is 2.73. The highest BCUT2D eigenvalue weighted by atomic mass is 32.1. The number of thiazole rings is 1. The van der Waals surface area contributed by atoms with Gasteiger partial charge in [0.15, 0.2) is 5.06 Å². The van der Waals surface area contributed by atoms with Gasteiger partial charge >= 0.3 is 0 Å². The lowest BCUT2D eigenvalue weighted by atomic mass is 10.1. The van der Waals surface area contributed by atoms with E-state index in [1.807, 2.05) is 6.92 Å². The van der Waals surface area contributed by atoms with E-state index in [1.165, 1.54) is 11.3 Å². The van der Waals surface area contributed by atoms with Crippen LogP contribution in [-0.2, 0) is 6.42 Å². The van der Waals surface area contributed by atoms with Crippen molar-refractivity contribution in [2.75, 3.05) is 0 Å². The van der Waals surface area contributed by atoms with Gasteiger partial charge in [-0.05, 0) is 12.8 Å². The van der Waals surface area contributed by atoms with Crippen molar-refractivity contribution in [1.82, 2.24) is 4.98 Å². The van der Waals surface area contributed by atoms with E-state index >= 15 is 0 Å². The molecule has 1 heterocycles. The van der Waals surface area contributed by atoms with Crippen LogP contribution in [0.4, 0.5) is 0 Å². The van der Waals surface area contributed by atoms with Crippen LogP contribution in [0.25, 0.3) is 0 Å². The molecular weight excluding hydrogens is 158 g/mol. The van der Waals surface area contributed by atoms with E-state index in [9.17, 15) is 5.11 Å². The van der Waals surface area contributed by atoms with Crippen LogP contribution in [0.5, 0.6) is 5.06 Å². The van der Waals surface area contributed by atoms with Gasteiger partial charge in [0.05, 0.1) is 10.7 Å². The first-order valence-electron chi connectivity index (χ1n) is 3.75. The summed E-state index contributed by atoms with van der Waals surface area (Å²) in [6.45, 7) is 6.12. The van der Waals surface area contributed by atoms with Crippen LogP contribution in [0.2, 0.25) is 0 Å². The molecule has 1 rings (SSSR count). The van der Waals surface area contributed by atoms with Gasteiger partial charge in [0, 0.05) is 6.42 Å². The number of aromatic hydroxyl groups is 1. The Hall–Kier alpha value is -0.570. The fourth-order valence-electron chi connectivity index (χ4n) is 0.880. The van der Waals surface area contributed by atoms with E-state index in [2.05, 4.69) is 18.8 Å². The van der Waals surface area contributed by atoms with E-state index in [0.29, 0.717) is 11.0 Å². The second-order valence-electron chi connectivity index (χ2n) is 3.10. The summed E-state index contributed by atoms with van der Waals surface area (Å²) in [5.41, 5.74) is 0.755. The zero-order valence-electron chi connectivity index (χ0n) is 7.09. The normalized spacial score (nSPS) is 10.9. The molecule has 0 saturated heterocycles. The molecule has 0 aromatic carbocycles. The standard InChI is InChI=1S/C8H13NOS/c1-5(2)4-7-9-6(3)8(10)11-7/h5,10H,4H2,1-3H3. The van der Waals surface area contributed by atoms with Crippen molar-refractivity contribution in [2.45, 2.75) is 27.2 Å². The van der Waals surface area contributed by atoms with Gasteiger partial charge in [-0.15, -0.1) is 0 Å². The Bertz CT molecular complexity index is 223. The van der Waals surface area contributed by atoms with Crippen molar-refractivity contribution in [3.63, 3.8) is 0 Å². The predicted octanol–water partition coefficient (Wildman–Crippen LogP) is 2.36. The summed E-state index contributed by atoms with van der Waals surface area (Å²) < 4.78 is 0. The van der Waals surface area contributed by atoms with Crippen molar-refractivity contribution in [1.29, 1.82) is 0 Å². The van der Waals surface area contributed by atoms with Crippen LogP contribution in [0.1, 0.15) is 24.5 Å². The number of aryl methyl sites for hydroxylation is 1. The van der Waals surface area contributed by atoms with Crippen LogP contribution in [-0.4, -0.2) is 10.1 Å². The SMILES string of the molecule is Cc1nc(CC(C)C)sc1O. The summed E-state index contributed by atoms with van der Waals surface area (Å²) in [6.07, 6.45) is 0.964. The maximum atomic E-state index is 9.21. The largest absolute Gasteiger partial charge is 0.498 e. The Morgan fingerprint density at radius 1 is 1.55 bits per heavy atom. The molecule has 0 amide bonds. The summed E-state index contributed by atoms with van der Waals surface area (Å²) in [4.78, 5) is 4.22. The molecule has 0 fully saturated rings. The Morgan fingerprint density at radius 2 is 2.18 bits per heavy atom. The minimum absolute atomic E-state index is 0.362. The van der Waals surface area contributed by atoms with E-state index < -0.39 is 0 Å². The molecule has 0 atom stereocenters. The van der Waals surface area contributed by atoms with Gasteiger partial charge < -0.3 is 5.11 Å². The van der Waals surface area contributed by atoms with Gasteiger partial charge in [0.25, 0.3) is 0 Å². The first-order valence-corrected chi connectivity index (χ1v) is 4.56. The molecule has 3 heteroatoms. The monoisotopic (exact) mass is 171 g/mol. The first kappa shape index (κ1) is 8.53. The van der Waals surface area contributed by atoms with Crippen LogP contribution in [0.15, 0.2) is 0 Å². The highest BCUT2D eigenvalue weighted by Crippen LogP contribution is 2.26. The molecule has 0 radical (unpaired) electrons. The number of nitrogens with zero attached hydrogens (tertiary/aromatic N) is 1. The molecule has 0 spiro atoms. The summed E-state index contributed by atoms with van der Waals surface area (Å²) >= 11 is 1.39. The van der Waals surface area contributed by atoms with E-state index in [0.717, 1.165) is 17.1 Å². The third kappa shape index (κ3) is 2.19. The molecule has 62 valence electrons. The Labute approximate surface area is 70.9 Å². The predicted molar refractivity (Wildman–Crippen MR) is 47.1 cm³/mol. The van der Waals surface area contributed by atoms with Crippen LogP contribution < -0.4 is 0 Å². The molecule has 0 saturated carbocycles. The van der Waals surface area contributed by atoms with E-state index in [4.69, 9.17) is 0 Å². The Morgan fingerprint density at radius 3 is 2.55 bits per heavy atom. The molecule has 0 aliphatic carbocycles. The zero-order chi connectivity index (χ0) is 8.43. The second-order valence-corrected chi connectivity index (χ2v) is 4.16. The maximum Gasteiger partial charge on any atom is 0.194 e. The van der Waals surface area contributed by atoms with Crippen LogP contribution in [0.3, 0.4) is 0 Å². The van der Waals surface area contributed by atoms with Crippen molar-refractivity contribution in [3.05, 3.63) is 10.7 Å². The lowest BCUT2D eigenvalue weighted by Gasteiger charge is -1.97. The minimum Gasteiger partial charge on any atom is -0.498 e.